The summed E-state index contributed by atoms with van der Waals surface area (Å²) in [5.74, 6) is 2.46. The van der Waals surface area contributed by atoms with E-state index >= 15 is 0 Å². The highest BCUT2D eigenvalue weighted by Crippen LogP contribution is 2.26. The molecule has 12 nitrogen and oxygen atoms in total. The molecule has 2 fully saturated rings. The molecule has 230 valence electrons. The maximum atomic E-state index is 12.3. The summed E-state index contributed by atoms with van der Waals surface area (Å²) in [6.45, 7) is 10.8. The molecule has 0 spiro atoms. The van der Waals surface area contributed by atoms with Crippen LogP contribution < -0.4 is 41.9 Å². The van der Waals surface area contributed by atoms with Gasteiger partial charge in [0.05, 0.1) is 0 Å². The maximum absolute atomic E-state index is 12.3. The molecule has 3 heterocycles. The minimum atomic E-state index is -0.540. The van der Waals surface area contributed by atoms with Gasteiger partial charge in [0.25, 0.3) is 10.9 Å². The summed E-state index contributed by atoms with van der Waals surface area (Å²) in [7, 11) is 0. The lowest BCUT2D eigenvalue weighted by Gasteiger charge is -2.22. The van der Waals surface area contributed by atoms with Gasteiger partial charge in [-0.05, 0) is 70.6 Å². The van der Waals surface area contributed by atoms with Crippen molar-refractivity contribution in [2.75, 3.05) is 71.6 Å². The fourth-order valence-electron chi connectivity index (χ4n) is 5.26. The smallest absolute Gasteiger partial charge is 0.407 e. The predicted molar refractivity (Wildman–Crippen MR) is 171 cm³/mol. The third-order valence-electron chi connectivity index (χ3n) is 7.47. The topological polar surface area (TPSA) is 141 Å². The molecule has 0 saturated carbocycles. The number of carbonyl (C=O) groups excluding carboxylic acids is 1. The van der Waals surface area contributed by atoms with E-state index in [-0.39, 0.29) is 11.4 Å². The highest BCUT2D eigenvalue weighted by atomic mass is 16.6. The number of hydrogen-bond acceptors (Lipinski definition) is 11. The summed E-state index contributed by atoms with van der Waals surface area (Å²) in [6, 6.07) is 9.50. The molecule has 0 radical (unpaired) electrons. The van der Waals surface area contributed by atoms with Crippen molar-refractivity contribution < 1.29 is 9.53 Å². The molecule has 1 amide bonds. The van der Waals surface area contributed by atoms with Gasteiger partial charge in [-0.3, -0.25) is 9.59 Å². The Kier molecular flexibility index (Phi) is 9.32. The zero-order valence-electron chi connectivity index (χ0n) is 25.3. The van der Waals surface area contributed by atoms with E-state index < -0.39 is 22.6 Å². The number of ether oxygens (including phenoxy) is 1. The number of amides is 1. The molecule has 4 N–H and O–H groups in total. The first-order valence-corrected chi connectivity index (χ1v) is 15.2. The van der Waals surface area contributed by atoms with Gasteiger partial charge in [-0.15, -0.1) is 0 Å². The number of anilines is 6. The van der Waals surface area contributed by atoms with Crippen LogP contribution in [0.4, 0.5) is 39.4 Å². The Morgan fingerprint density at radius 2 is 1.47 bits per heavy atom. The summed E-state index contributed by atoms with van der Waals surface area (Å²) in [5, 5.41) is 12.3. The van der Waals surface area contributed by atoms with Gasteiger partial charge in [0.1, 0.15) is 28.6 Å². The van der Waals surface area contributed by atoms with E-state index in [1.54, 1.807) is 0 Å². The van der Waals surface area contributed by atoms with Crippen LogP contribution in [0.5, 0.6) is 0 Å². The molecule has 2 saturated heterocycles. The van der Waals surface area contributed by atoms with E-state index in [4.69, 9.17) is 14.7 Å². The number of benzene rings is 1. The number of aromatic nitrogens is 2. The molecule has 0 unspecified atom stereocenters. The number of nitrogens with one attached hydrogen (secondary N) is 4. The Labute approximate surface area is 251 Å². The molecule has 0 aliphatic carbocycles. The molecule has 2 aromatic carbocycles. The van der Waals surface area contributed by atoms with Crippen molar-refractivity contribution >= 4 is 40.7 Å². The van der Waals surface area contributed by atoms with Crippen LogP contribution in [0.1, 0.15) is 52.0 Å². The van der Waals surface area contributed by atoms with E-state index in [2.05, 4.69) is 31.1 Å². The average molecular weight is 591 g/mol. The Balaban J connectivity index is 1.12. The molecule has 3 aromatic rings. The van der Waals surface area contributed by atoms with Crippen LogP contribution in [0, 0.1) is 0 Å². The average Bonchev–Trinajstić information content (AvgIpc) is 3.71. The van der Waals surface area contributed by atoms with Gasteiger partial charge in [0.15, 0.2) is 0 Å². The molecule has 2 aliphatic rings. The highest BCUT2D eigenvalue weighted by molar-refractivity contribution is 5.78. The van der Waals surface area contributed by atoms with Gasteiger partial charge in [-0.25, -0.2) is 4.79 Å². The summed E-state index contributed by atoms with van der Waals surface area (Å²) in [5.41, 5.74) is 0.657. The maximum Gasteiger partial charge on any atom is 0.407 e. The predicted octanol–water partition coefficient (Wildman–Crippen LogP) is 3.61. The van der Waals surface area contributed by atoms with Gasteiger partial charge in [0.2, 0.25) is 5.95 Å². The van der Waals surface area contributed by atoms with Gasteiger partial charge < -0.3 is 35.8 Å². The fourth-order valence-corrected chi connectivity index (χ4v) is 5.26. The van der Waals surface area contributed by atoms with Crippen molar-refractivity contribution in [1.29, 1.82) is 0 Å². The highest BCUT2D eigenvalue weighted by Gasteiger charge is 2.22. The zero-order chi connectivity index (χ0) is 30.4. The van der Waals surface area contributed by atoms with Crippen molar-refractivity contribution in [2.24, 2.45) is 0 Å². The van der Waals surface area contributed by atoms with Crippen molar-refractivity contribution in [3.8, 4) is 0 Å². The molecule has 1 aromatic heterocycles. The SMILES string of the molecule is CC(C)(C)OC(=O)NCCc1ccc(Nc2c(NCCNc3cc(N4CCCC4)nc(N4CCCC4)n3)c(=O)c2=O)cc1. The first-order valence-electron chi connectivity index (χ1n) is 15.2. The monoisotopic (exact) mass is 590 g/mol. The number of rotatable bonds is 12. The molecule has 5 rings (SSSR count). The van der Waals surface area contributed by atoms with Crippen LogP contribution in [0.2, 0.25) is 0 Å². The van der Waals surface area contributed by atoms with Crippen LogP contribution in [0.15, 0.2) is 39.9 Å². The minimum Gasteiger partial charge on any atom is -0.444 e. The minimum absolute atomic E-state index is 0.263. The number of carbonyl (C=O) groups is 1. The van der Waals surface area contributed by atoms with Crippen molar-refractivity contribution in [1.82, 2.24) is 15.3 Å². The second-order valence-electron chi connectivity index (χ2n) is 12.1. The van der Waals surface area contributed by atoms with E-state index in [1.165, 1.54) is 12.8 Å². The summed E-state index contributed by atoms with van der Waals surface area (Å²) >= 11 is 0. The molecule has 12 heteroatoms. The van der Waals surface area contributed by atoms with Crippen molar-refractivity contribution in [3.05, 3.63) is 56.3 Å². The lowest BCUT2D eigenvalue weighted by molar-refractivity contribution is 0.0528. The first kappa shape index (κ1) is 30.1. The van der Waals surface area contributed by atoms with E-state index in [0.717, 1.165) is 62.2 Å². The van der Waals surface area contributed by atoms with E-state index in [9.17, 15) is 14.4 Å². The third-order valence-corrected chi connectivity index (χ3v) is 7.47. The van der Waals surface area contributed by atoms with Crippen molar-refractivity contribution in [2.45, 2.75) is 58.5 Å². The van der Waals surface area contributed by atoms with Crippen LogP contribution in [-0.2, 0) is 11.2 Å². The fraction of sp³-hybridized carbons (Fsp3) is 0.516. The van der Waals surface area contributed by atoms with Gasteiger partial charge in [-0.1, -0.05) is 12.1 Å². The Hall–Kier alpha value is -4.35. The van der Waals surface area contributed by atoms with Gasteiger partial charge in [0, 0.05) is 57.6 Å². The summed E-state index contributed by atoms with van der Waals surface area (Å²) in [6.07, 6.45) is 4.83. The normalized spacial score (nSPS) is 15.1. The Morgan fingerprint density at radius 3 is 2.14 bits per heavy atom. The molecule has 43 heavy (non-hydrogen) atoms. The second kappa shape index (κ2) is 13.3. The van der Waals surface area contributed by atoms with Crippen molar-refractivity contribution in [3.63, 3.8) is 0 Å². The summed E-state index contributed by atoms with van der Waals surface area (Å²) < 4.78 is 5.25. The van der Waals surface area contributed by atoms with Gasteiger partial charge >= 0.3 is 6.09 Å². The Bertz CT molecular complexity index is 1430. The third kappa shape index (κ3) is 7.94. The van der Waals surface area contributed by atoms with E-state index in [0.29, 0.717) is 31.7 Å². The number of nitrogens with zero attached hydrogens (tertiary/aromatic N) is 4. The van der Waals surface area contributed by atoms with E-state index in [1.807, 2.05) is 51.1 Å². The van der Waals surface area contributed by atoms with Crippen LogP contribution >= 0.6 is 0 Å². The molecule has 0 bridgehead atoms. The quantitative estimate of drug-likeness (QED) is 0.182. The molecular weight excluding hydrogens is 548 g/mol. The second-order valence-corrected chi connectivity index (χ2v) is 12.1. The van der Waals surface area contributed by atoms with Crippen LogP contribution in [0.25, 0.3) is 0 Å². The number of hydrogen-bond donors (Lipinski definition) is 4. The lowest BCUT2D eigenvalue weighted by Crippen LogP contribution is -2.37. The molecule has 2 aliphatic heterocycles. The zero-order valence-corrected chi connectivity index (χ0v) is 25.3. The first-order chi connectivity index (χ1) is 20.7. The summed E-state index contributed by atoms with van der Waals surface area (Å²) in [4.78, 5) is 50.6. The van der Waals surface area contributed by atoms with Crippen LogP contribution in [0.3, 0.4) is 0 Å². The Morgan fingerprint density at radius 1 is 0.837 bits per heavy atom. The van der Waals surface area contributed by atoms with Crippen LogP contribution in [-0.4, -0.2) is 67.5 Å². The van der Waals surface area contributed by atoms with Gasteiger partial charge in [-0.2, -0.15) is 9.97 Å². The lowest BCUT2D eigenvalue weighted by atomic mass is 10.1. The largest absolute Gasteiger partial charge is 0.444 e. The number of alkyl carbamates (subject to hydrolysis) is 1. The standard InChI is InChI=1S/C31H42N8O4/c1-31(2,3)43-30(42)34-13-12-21-8-10-22(11-9-21)35-26-25(27(40)28(26)41)33-15-14-32-23-20-24(38-16-4-5-17-38)37-29(36-23)39-18-6-7-19-39/h8-11,20,33,35H,4-7,12-19H2,1-3H3,(H,34,42)(H,32,36,37). The molecular formula is C31H42N8O4. The molecule has 0 atom stereocenters.